The fourth-order valence-corrected chi connectivity index (χ4v) is 2.17. The number of nitrogens with zero attached hydrogens (tertiary/aromatic N) is 1. The Labute approximate surface area is 98.1 Å². The first-order valence-corrected chi connectivity index (χ1v) is 6.32. The van der Waals surface area contributed by atoms with Gasteiger partial charge in [0.2, 0.25) is 0 Å². The number of hydrogen-bond donors (Lipinski definition) is 1. The van der Waals surface area contributed by atoms with E-state index >= 15 is 0 Å². The van der Waals surface area contributed by atoms with E-state index in [1.165, 1.54) is 12.8 Å². The zero-order valence-electron chi connectivity index (χ0n) is 10.4. The van der Waals surface area contributed by atoms with E-state index in [0.717, 1.165) is 25.8 Å². The molecule has 0 aliphatic heterocycles. The van der Waals surface area contributed by atoms with E-state index in [2.05, 4.69) is 0 Å². The van der Waals surface area contributed by atoms with Gasteiger partial charge in [0.05, 0.1) is 6.10 Å². The number of ether oxygens (including phenoxy) is 1. The topological polar surface area (TPSA) is 55.6 Å². The van der Waals surface area contributed by atoms with Crippen LogP contribution in [0.3, 0.4) is 0 Å². The van der Waals surface area contributed by atoms with Crippen LogP contribution in [-0.4, -0.2) is 36.2 Å². The van der Waals surface area contributed by atoms with Crippen molar-refractivity contribution in [2.45, 2.75) is 58.1 Å². The largest absolute Gasteiger partial charge is 0.447 e. The van der Waals surface area contributed by atoms with Crippen LogP contribution < -0.4 is 5.73 Å². The molecule has 0 aromatic heterocycles. The van der Waals surface area contributed by atoms with Crippen LogP contribution in [-0.2, 0) is 4.74 Å². The van der Waals surface area contributed by atoms with Crippen molar-refractivity contribution < 1.29 is 9.53 Å². The molecule has 1 saturated carbocycles. The third-order valence-corrected chi connectivity index (χ3v) is 2.94. The van der Waals surface area contributed by atoms with Crippen LogP contribution in [0.2, 0.25) is 0 Å². The summed E-state index contributed by atoms with van der Waals surface area (Å²) in [6.07, 6.45) is 5.29. The Morgan fingerprint density at radius 3 is 2.56 bits per heavy atom. The average Bonchev–Trinajstić information content (AvgIpc) is 2.70. The Balaban J connectivity index is 2.51. The minimum absolute atomic E-state index is 0.0470. The molecular weight excluding hydrogens is 204 g/mol. The monoisotopic (exact) mass is 228 g/mol. The summed E-state index contributed by atoms with van der Waals surface area (Å²) >= 11 is 0. The zero-order valence-corrected chi connectivity index (χ0v) is 10.4. The molecular formula is C12H24N2O2. The van der Waals surface area contributed by atoms with Crippen molar-refractivity contribution in [1.29, 1.82) is 0 Å². The van der Waals surface area contributed by atoms with E-state index in [0.29, 0.717) is 12.6 Å². The van der Waals surface area contributed by atoms with Gasteiger partial charge in [-0.05, 0) is 39.7 Å². The van der Waals surface area contributed by atoms with Gasteiger partial charge in [0, 0.05) is 12.6 Å². The Morgan fingerprint density at radius 1 is 1.44 bits per heavy atom. The first kappa shape index (κ1) is 13.3. The van der Waals surface area contributed by atoms with Gasteiger partial charge in [0.1, 0.15) is 0 Å². The lowest BCUT2D eigenvalue weighted by Gasteiger charge is -2.28. The van der Waals surface area contributed by atoms with Gasteiger partial charge in [0.25, 0.3) is 0 Å². The van der Waals surface area contributed by atoms with E-state index in [1.807, 2.05) is 18.7 Å². The van der Waals surface area contributed by atoms with Crippen molar-refractivity contribution in [3.05, 3.63) is 0 Å². The van der Waals surface area contributed by atoms with Gasteiger partial charge >= 0.3 is 6.09 Å². The van der Waals surface area contributed by atoms with Gasteiger partial charge in [-0.15, -0.1) is 0 Å². The summed E-state index contributed by atoms with van der Waals surface area (Å²) in [5.74, 6) is 0. The number of carbonyl (C=O) groups excluding carboxylic acids is 1. The lowest BCUT2D eigenvalue weighted by Crippen LogP contribution is -2.41. The second-order valence-corrected chi connectivity index (χ2v) is 4.71. The van der Waals surface area contributed by atoms with Gasteiger partial charge in [-0.1, -0.05) is 12.8 Å². The average molecular weight is 228 g/mol. The van der Waals surface area contributed by atoms with Crippen molar-refractivity contribution in [1.82, 2.24) is 4.90 Å². The molecule has 1 aliphatic rings. The van der Waals surface area contributed by atoms with Gasteiger partial charge in [-0.2, -0.15) is 0 Å². The molecule has 16 heavy (non-hydrogen) atoms. The predicted octanol–water partition coefficient (Wildman–Crippen LogP) is 2.12. The van der Waals surface area contributed by atoms with Crippen LogP contribution in [0.4, 0.5) is 4.79 Å². The van der Waals surface area contributed by atoms with Crippen molar-refractivity contribution in [3.63, 3.8) is 0 Å². The highest BCUT2D eigenvalue weighted by atomic mass is 16.6. The molecule has 0 bridgehead atoms. The van der Waals surface area contributed by atoms with Crippen molar-refractivity contribution in [3.8, 4) is 0 Å². The van der Waals surface area contributed by atoms with E-state index < -0.39 is 0 Å². The molecule has 1 aliphatic carbocycles. The van der Waals surface area contributed by atoms with Crippen LogP contribution >= 0.6 is 0 Å². The van der Waals surface area contributed by atoms with Crippen molar-refractivity contribution in [2.24, 2.45) is 5.73 Å². The molecule has 4 heteroatoms. The highest BCUT2D eigenvalue weighted by Crippen LogP contribution is 2.24. The Hall–Kier alpha value is -0.770. The summed E-state index contributed by atoms with van der Waals surface area (Å²) in [6.45, 7) is 5.12. The normalized spacial score (nSPS) is 16.8. The molecule has 2 N–H and O–H groups in total. The minimum Gasteiger partial charge on any atom is -0.447 e. The Bertz CT molecular complexity index is 213. The predicted molar refractivity (Wildman–Crippen MR) is 64.3 cm³/mol. The molecule has 1 rings (SSSR count). The summed E-state index contributed by atoms with van der Waals surface area (Å²) < 4.78 is 5.27. The molecule has 4 nitrogen and oxygen atoms in total. The third kappa shape index (κ3) is 4.00. The minimum atomic E-state index is -0.171. The highest BCUT2D eigenvalue weighted by molar-refractivity contribution is 5.68. The molecule has 94 valence electrons. The number of nitrogens with two attached hydrogens (primary N) is 1. The number of rotatable bonds is 5. The molecule has 0 saturated heterocycles. The SMILES string of the molecule is CC(C)OC(=O)N(CCCN)C1CCCC1. The number of carbonyl (C=O) groups is 1. The van der Waals surface area contributed by atoms with Crippen LogP contribution in [0, 0.1) is 0 Å². The fourth-order valence-electron chi connectivity index (χ4n) is 2.17. The molecule has 1 amide bonds. The van der Waals surface area contributed by atoms with Crippen LogP contribution in [0.15, 0.2) is 0 Å². The first-order valence-electron chi connectivity index (χ1n) is 6.32. The fraction of sp³-hybridized carbons (Fsp3) is 0.917. The van der Waals surface area contributed by atoms with Gasteiger partial charge in [-0.3, -0.25) is 0 Å². The maximum Gasteiger partial charge on any atom is 0.410 e. The van der Waals surface area contributed by atoms with Gasteiger partial charge in [-0.25, -0.2) is 4.79 Å². The number of amides is 1. The van der Waals surface area contributed by atoms with E-state index in [1.54, 1.807) is 0 Å². The standard InChI is InChI=1S/C12H24N2O2/c1-10(2)16-12(15)14(9-5-8-13)11-6-3-4-7-11/h10-11H,3-9,13H2,1-2H3. The second-order valence-electron chi connectivity index (χ2n) is 4.71. The summed E-state index contributed by atoms with van der Waals surface area (Å²) in [7, 11) is 0. The molecule has 0 unspecified atom stereocenters. The Morgan fingerprint density at radius 2 is 2.06 bits per heavy atom. The third-order valence-electron chi connectivity index (χ3n) is 2.94. The van der Waals surface area contributed by atoms with E-state index in [9.17, 15) is 4.79 Å². The van der Waals surface area contributed by atoms with Gasteiger partial charge in [0.15, 0.2) is 0 Å². The Kier molecular flexibility index (Phi) is 5.60. The zero-order chi connectivity index (χ0) is 12.0. The van der Waals surface area contributed by atoms with Crippen LogP contribution in [0.25, 0.3) is 0 Å². The maximum absolute atomic E-state index is 11.9. The summed E-state index contributed by atoms with van der Waals surface area (Å²) in [6, 6.07) is 0.373. The lowest BCUT2D eigenvalue weighted by atomic mass is 10.2. The first-order chi connectivity index (χ1) is 7.65. The molecule has 0 heterocycles. The van der Waals surface area contributed by atoms with E-state index in [4.69, 9.17) is 10.5 Å². The molecule has 0 radical (unpaired) electrons. The molecule has 0 spiro atoms. The van der Waals surface area contributed by atoms with Crippen LogP contribution in [0.5, 0.6) is 0 Å². The van der Waals surface area contributed by atoms with Crippen molar-refractivity contribution >= 4 is 6.09 Å². The molecule has 1 fully saturated rings. The smallest absolute Gasteiger partial charge is 0.410 e. The van der Waals surface area contributed by atoms with Crippen molar-refractivity contribution in [2.75, 3.05) is 13.1 Å². The summed E-state index contributed by atoms with van der Waals surface area (Å²) in [5, 5.41) is 0. The lowest BCUT2D eigenvalue weighted by molar-refractivity contribution is 0.0636. The second kappa shape index (κ2) is 6.74. The van der Waals surface area contributed by atoms with E-state index in [-0.39, 0.29) is 12.2 Å². The summed E-state index contributed by atoms with van der Waals surface area (Å²) in [4.78, 5) is 13.8. The molecule has 0 atom stereocenters. The highest BCUT2D eigenvalue weighted by Gasteiger charge is 2.27. The van der Waals surface area contributed by atoms with Gasteiger partial charge < -0.3 is 15.4 Å². The molecule has 0 aromatic rings. The quantitative estimate of drug-likeness (QED) is 0.784. The molecule has 0 aromatic carbocycles. The summed E-state index contributed by atoms with van der Waals surface area (Å²) in [5.41, 5.74) is 5.50. The van der Waals surface area contributed by atoms with Crippen LogP contribution in [0.1, 0.15) is 46.0 Å². The maximum atomic E-state index is 11.9. The number of hydrogen-bond acceptors (Lipinski definition) is 3.